The van der Waals surface area contributed by atoms with E-state index in [0.717, 1.165) is 19.3 Å². The number of amides is 2. The van der Waals surface area contributed by atoms with Crippen molar-refractivity contribution in [2.75, 3.05) is 0 Å². The summed E-state index contributed by atoms with van der Waals surface area (Å²) in [5.41, 5.74) is 0.0268. The van der Waals surface area contributed by atoms with Gasteiger partial charge in [-0.15, -0.1) is 11.3 Å². The maximum Gasteiger partial charge on any atom is 0.355 e. The molecule has 110 valence electrons. The van der Waals surface area contributed by atoms with Crippen LogP contribution in [0.3, 0.4) is 0 Å². The minimum atomic E-state index is -1.04. The molecule has 1 aliphatic heterocycles. The number of carboxylic acids is 1. The van der Waals surface area contributed by atoms with Gasteiger partial charge in [-0.25, -0.2) is 14.6 Å². The molecule has 7 heteroatoms. The Morgan fingerprint density at radius 3 is 2.65 bits per heavy atom. The molecule has 2 amide bonds. The van der Waals surface area contributed by atoms with Gasteiger partial charge in [0, 0.05) is 17.5 Å². The SMILES string of the molecule is C[C@@H]1CCC[C@H](C)N1C(=O)NCc1nc(C(=O)O)cs1. The quantitative estimate of drug-likeness (QED) is 0.897. The van der Waals surface area contributed by atoms with Crippen molar-refractivity contribution in [2.45, 2.75) is 51.7 Å². The molecule has 2 N–H and O–H groups in total. The molecule has 6 nitrogen and oxygen atoms in total. The minimum absolute atomic E-state index is 0.0268. The van der Waals surface area contributed by atoms with Crippen LogP contribution < -0.4 is 5.32 Å². The Balaban J connectivity index is 1.92. The molecule has 2 heterocycles. The number of likely N-dealkylation sites (tertiary alicyclic amines) is 1. The van der Waals surface area contributed by atoms with Gasteiger partial charge in [-0.3, -0.25) is 0 Å². The Labute approximate surface area is 121 Å². The van der Waals surface area contributed by atoms with Crippen LogP contribution >= 0.6 is 11.3 Å². The molecule has 20 heavy (non-hydrogen) atoms. The molecular formula is C13H19N3O3S. The number of hydrogen-bond donors (Lipinski definition) is 2. The molecule has 1 aliphatic rings. The van der Waals surface area contributed by atoms with Crippen LogP contribution in [0.25, 0.3) is 0 Å². The van der Waals surface area contributed by atoms with Crippen LogP contribution in [0.15, 0.2) is 5.38 Å². The van der Waals surface area contributed by atoms with Gasteiger partial charge in [0.05, 0.1) is 6.54 Å². The summed E-state index contributed by atoms with van der Waals surface area (Å²) >= 11 is 1.24. The fraction of sp³-hybridized carbons (Fsp3) is 0.615. The number of carbonyl (C=O) groups excluding carboxylic acids is 1. The van der Waals surface area contributed by atoms with Crippen molar-refractivity contribution in [1.29, 1.82) is 0 Å². The van der Waals surface area contributed by atoms with Crippen molar-refractivity contribution in [2.24, 2.45) is 0 Å². The fourth-order valence-corrected chi connectivity index (χ4v) is 3.26. The largest absolute Gasteiger partial charge is 0.476 e. The summed E-state index contributed by atoms with van der Waals surface area (Å²) in [6.45, 7) is 4.38. The Kier molecular flexibility index (Phi) is 4.59. The van der Waals surface area contributed by atoms with Crippen molar-refractivity contribution in [3.05, 3.63) is 16.1 Å². The molecule has 2 rings (SSSR count). The van der Waals surface area contributed by atoms with Crippen molar-refractivity contribution in [3.8, 4) is 0 Å². The number of piperidine rings is 1. The monoisotopic (exact) mass is 297 g/mol. The van der Waals surface area contributed by atoms with Gasteiger partial charge >= 0.3 is 12.0 Å². The number of nitrogens with zero attached hydrogens (tertiary/aromatic N) is 2. The molecular weight excluding hydrogens is 278 g/mol. The molecule has 0 aliphatic carbocycles. The predicted octanol–water partition coefficient (Wildman–Crippen LogP) is 2.31. The van der Waals surface area contributed by atoms with Crippen molar-refractivity contribution < 1.29 is 14.7 Å². The minimum Gasteiger partial charge on any atom is -0.476 e. The fourth-order valence-electron chi connectivity index (χ4n) is 2.55. The topological polar surface area (TPSA) is 82.5 Å². The molecule has 1 saturated heterocycles. The summed E-state index contributed by atoms with van der Waals surface area (Å²) in [5, 5.41) is 13.7. The maximum absolute atomic E-state index is 12.2. The van der Waals surface area contributed by atoms with Crippen LogP contribution in [0.2, 0.25) is 0 Å². The molecule has 2 atom stereocenters. The standard InChI is InChI=1S/C13H19N3O3S/c1-8-4-3-5-9(2)16(8)13(19)14-6-11-15-10(7-20-11)12(17)18/h7-9H,3-6H2,1-2H3,(H,14,19)(H,17,18)/t8-,9+. The lowest BCUT2D eigenvalue weighted by Crippen LogP contribution is -2.51. The highest BCUT2D eigenvalue weighted by Crippen LogP contribution is 2.22. The zero-order valence-electron chi connectivity index (χ0n) is 11.6. The second kappa shape index (κ2) is 6.21. The first-order valence-electron chi connectivity index (χ1n) is 6.73. The molecule has 0 radical (unpaired) electrons. The number of aromatic nitrogens is 1. The predicted molar refractivity (Wildman–Crippen MR) is 75.9 cm³/mol. The highest BCUT2D eigenvalue weighted by Gasteiger charge is 2.28. The average Bonchev–Trinajstić information content (AvgIpc) is 2.85. The Hall–Kier alpha value is -1.63. The molecule has 1 fully saturated rings. The summed E-state index contributed by atoms with van der Waals surface area (Å²) in [7, 11) is 0. The maximum atomic E-state index is 12.2. The molecule has 0 bridgehead atoms. The van der Waals surface area contributed by atoms with E-state index in [4.69, 9.17) is 5.11 Å². The van der Waals surface area contributed by atoms with Gasteiger partial charge in [0.2, 0.25) is 0 Å². The molecule has 1 aromatic heterocycles. The van der Waals surface area contributed by atoms with Gasteiger partial charge in [0.15, 0.2) is 5.69 Å². The number of aromatic carboxylic acids is 1. The number of hydrogen-bond acceptors (Lipinski definition) is 4. The Morgan fingerprint density at radius 2 is 2.10 bits per heavy atom. The first kappa shape index (κ1) is 14.8. The van der Waals surface area contributed by atoms with Crippen LogP contribution in [-0.4, -0.2) is 39.1 Å². The summed E-state index contributed by atoms with van der Waals surface area (Å²) in [4.78, 5) is 28.8. The van der Waals surface area contributed by atoms with Gasteiger partial charge in [0.25, 0.3) is 0 Å². The molecule has 0 saturated carbocycles. The zero-order valence-corrected chi connectivity index (χ0v) is 12.4. The van der Waals surface area contributed by atoms with E-state index in [0.29, 0.717) is 5.01 Å². The lowest BCUT2D eigenvalue weighted by Gasteiger charge is -2.38. The van der Waals surface area contributed by atoms with E-state index in [1.54, 1.807) is 0 Å². The number of nitrogens with one attached hydrogen (secondary N) is 1. The second-order valence-corrected chi connectivity index (χ2v) is 6.07. The number of carbonyl (C=O) groups is 2. The molecule has 1 aromatic rings. The lowest BCUT2D eigenvalue weighted by molar-refractivity contribution is 0.0691. The van der Waals surface area contributed by atoms with Crippen LogP contribution in [0.4, 0.5) is 4.79 Å². The van der Waals surface area contributed by atoms with Crippen LogP contribution in [0.1, 0.15) is 48.6 Å². The van der Waals surface area contributed by atoms with Gasteiger partial charge in [-0.05, 0) is 33.1 Å². The van der Waals surface area contributed by atoms with Crippen LogP contribution in [-0.2, 0) is 6.54 Å². The zero-order chi connectivity index (χ0) is 14.7. The average molecular weight is 297 g/mol. The van der Waals surface area contributed by atoms with Crippen molar-refractivity contribution >= 4 is 23.3 Å². The second-order valence-electron chi connectivity index (χ2n) is 5.13. The van der Waals surface area contributed by atoms with E-state index in [1.807, 2.05) is 4.90 Å². The molecule has 0 unspecified atom stereocenters. The van der Waals surface area contributed by atoms with E-state index >= 15 is 0 Å². The van der Waals surface area contributed by atoms with Gasteiger partial charge in [-0.1, -0.05) is 0 Å². The molecule has 0 aromatic carbocycles. The van der Waals surface area contributed by atoms with E-state index in [2.05, 4.69) is 24.1 Å². The van der Waals surface area contributed by atoms with Gasteiger partial charge in [-0.2, -0.15) is 0 Å². The van der Waals surface area contributed by atoms with Crippen molar-refractivity contribution in [3.63, 3.8) is 0 Å². The molecule has 0 spiro atoms. The van der Waals surface area contributed by atoms with Crippen LogP contribution in [0, 0.1) is 0 Å². The first-order valence-corrected chi connectivity index (χ1v) is 7.61. The van der Waals surface area contributed by atoms with E-state index in [-0.39, 0.29) is 30.4 Å². The smallest absolute Gasteiger partial charge is 0.355 e. The summed E-state index contributed by atoms with van der Waals surface area (Å²) in [6.07, 6.45) is 3.21. The normalized spacial score (nSPS) is 22.6. The first-order chi connectivity index (χ1) is 9.49. The third-order valence-electron chi connectivity index (χ3n) is 3.59. The number of urea groups is 1. The van der Waals surface area contributed by atoms with Crippen LogP contribution in [0.5, 0.6) is 0 Å². The number of carboxylic acid groups (broad SMARTS) is 1. The number of thiazole rings is 1. The summed E-state index contributed by atoms with van der Waals surface area (Å²) < 4.78 is 0. The highest BCUT2D eigenvalue weighted by molar-refractivity contribution is 7.09. The Bertz CT molecular complexity index is 493. The van der Waals surface area contributed by atoms with Gasteiger partial charge < -0.3 is 15.3 Å². The summed E-state index contributed by atoms with van der Waals surface area (Å²) in [6, 6.07) is 0.381. The third kappa shape index (κ3) is 3.27. The third-order valence-corrected chi connectivity index (χ3v) is 4.44. The van der Waals surface area contributed by atoms with E-state index in [1.165, 1.54) is 16.7 Å². The lowest BCUT2D eigenvalue weighted by atomic mass is 9.98. The number of rotatable bonds is 3. The van der Waals surface area contributed by atoms with E-state index in [9.17, 15) is 9.59 Å². The highest BCUT2D eigenvalue weighted by atomic mass is 32.1. The van der Waals surface area contributed by atoms with E-state index < -0.39 is 5.97 Å². The van der Waals surface area contributed by atoms with Crippen molar-refractivity contribution in [1.82, 2.24) is 15.2 Å². The summed E-state index contributed by atoms with van der Waals surface area (Å²) in [5.74, 6) is -1.04. The Morgan fingerprint density at radius 1 is 1.45 bits per heavy atom. The van der Waals surface area contributed by atoms with Gasteiger partial charge in [0.1, 0.15) is 5.01 Å².